The average Bonchev–Trinajstić information content (AvgIpc) is 2.84. The Bertz CT molecular complexity index is 1040. The van der Waals surface area contributed by atoms with Crippen molar-refractivity contribution in [2.45, 2.75) is 19.4 Å². The van der Waals surface area contributed by atoms with Gasteiger partial charge >= 0.3 is 6.16 Å². The minimum Gasteiger partial charge on any atom is -0.449 e. The molecule has 2 aromatic rings. The number of carbonyl (C=O) groups is 1. The van der Waals surface area contributed by atoms with Gasteiger partial charge in [0.05, 0.1) is 13.2 Å². The number of allylic oxidation sites excluding steroid dienone is 1. The number of halogens is 1. The maximum Gasteiger partial charge on any atom is 0.511 e. The molecule has 1 saturated heterocycles. The van der Waals surface area contributed by atoms with Crippen LogP contribution in [0, 0.1) is 5.82 Å². The van der Waals surface area contributed by atoms with Crippen LogP contribution in [-0.4, -0.2) is 54.8 Å². The molecule has 6 nitrogen and oxygen atoms in total. The highest BCUT2D eigenvalue weighted by atomic mass is 32.2. The van der Waals surface area contributed by atoms with Crippen LogP contribution in [0.2, 0.25) is 0 Å². The zero-order valence-corrected chi connectivity index (χ0v) is 19.8. The Balaban J connectivity index is 1.43. The van der Waals surface area contributed by atoms with E-state index in [0.717, 1.165) is 61.1 Å². The molecule has 34 heavy (non-hydrogen) atoms. The summed E-state index contributed by atoms with van der Waals surface area (Å²) in [4.78, 5) is 15.8. The molecule has 0 atom stereocenters. The third-order valence-corrected chi connectivity index (χ3v) is 6.94. The molecule has 0 spiro atoms. The van der Waals surface area contributed by atoms with E-state index < -0.39 is 6.16 Å². The molecule has 0 saturated carbocycles. The third kappa shape index (κ3) is 6.77. The number of morpholine rings is 1. The molecule has 1 fully saturated rings. The Kier molecular flexibility index (Phi) is 8.49. The van der Waals surface area contributed by atoms with Crippen molar-refractivity contribution in [3.8, 4) is 0 Å². The van der Waals surface area contributed by atoms with Gasteiger partial charge in [0, 0.05) is 31.9 Å². The van der Waals surface area contributed by atoms with E-state index in [9.17, 15) is 14.3 Å². The number of aryl methyl sites for hydroxylation is 1. The average molecular weight is 485 g/mol. The summed E-state index contributed by atoms with van der Waals surface area (Å²) in [5.41, 5.74) is 3.41. The number of thioether (sulfide) groups is 1. The number of carboxylic acid groups (broad SMARTS) is 1. The molecule has 0 amide bonds. The lowest BCUT2D eigenvalue weighted by molar-refractivity contribution is 0.119. The highest BCUT2D eigenvalue weighted by Gasteiger charge is 2.21. The summed E-state index contributed by atoms with van der Waals surface area (Å²) in [7, 11) is 0. The standard InChI is InChI=1S/C26H29FN2O4S/c27-22-10-8-20(9-11-22)5-3-17-34-25-24(33-26(30)31)7-2-12-29(25)19-21-4-1-6-23(18-21)28-13-15-32-16-14-28/h1-2,4,6-11,18H,3,5,12-17,19H2,(H,30,31). The second kappa shape index (κ2) is 11.9. The van der Waals surface area contributed by atoms with Gasteiger partial charge in [0.2, 0.25) is 0 Å². The molecule has 0 aromatic heterocycles. The Morgan fingerprint density at radius 1 is 1.12 bits per heavy atom. The zero-order valence-electron chi connectivity index (χ0n) is 19.0. The molecule has 8 heteroatoms. The van der Waals surface area contributed by atoms with Gasteiger partial charge in [0.15, 0.2) is 5.76 Å². The second-order valence-corrected chi connectivity index (χ2v) is 9.25. The molecule has 0 aliphatic carbocycles. The molecule has 2 heterocycles. The maximum absolute atomic E-state index is 13.1. The van der Waals surface area contributed by atoms with Crippen LogP contribution in [0.5, 0.6) is 0 Å². The highest BCUT2D eigenvalue weighted by Crippen LogP contribution is 2.31. The number of nitrogens with zero attached hydrogens (tertiary/aromatic N) is 2. The van der Waals surface area contributed by atoms with Crippen molar-refractivity contribution in [2.24, 2.45) is 0 Å². The zero-order chi connectivity index (χ0) is 23.8. The summed E-state index contributed by atoms with van der Waals surface area (Å²) in [5, 5.41) is 10.0. The van der Waals surface area contributed by atoms with E-state index in [1.807, 2.05) is 6.08 Å². The fourth-order valence-electron chi connectivity index (χ4n) is 4.06. The number of anilines is 1. The van der Waals surface area contributed by atoms with E-state index in [1.165, 1.54) is 17.8 Å². The number of hydrogen-bond acceptors (Lipinski definition) is 6. The molecule has 2 aliphatic heterocycles. The lowest BCUT2D eigenvalue weighted by atomic mass is 10.1. The molecule has 4 rings (SSSR count). The number of rotatable bonds is 9. The Morgan fingerprint density at radius 2 is 1.91 bits per heavy atom. The van der Waals surface area contributed by atoms with Crippen molar-refractivity contribution in [3.63, 3.8) is 0 Å². The van der Waals surface area contributed by atoms with Crippen LogP contribution in [0.4, 0.5) is 14.9 Å². The lowest BCUT2D eigenvalue weighted by Crippen LogP contribution is -2.36. The van der Waals surface area contributed by atoms with Gasteiger partial charge in [-0.05, 0) is 60.1 Å². The van der Waals surface area contributed by atoms with Crippen molar-refractivity contribution in [3.05, 3.63) is 88.4 Å². The minimum atomic E-state index is -1.32. The van der Waals surface area contributed by atoms with Crippen molar-refractivity contribution in [2.75, 3.05) is 43.5 Å². The fraction of sp³-hybridized carbons (Fsp3) is 0.346. The van der Waals surface area contributed by atoms with Gasteiger partial charge in [0.1, 0.15) is 10.8 Å². The SMILES string of the molecule is O=C(O)OC1=C(SCCCc2ccc(F)cc2)N(Cc2cccc(N3CCOCC3)c2)CC=C1. The van der Waals surface area contributed by atoms with Crippen LogP contribution in [-0.2, 0) is 22.4 Å². The maximum atomic E-state index is 13.1. The van der Waals surface area contributed by atoms with E-state index >= 15 is 0 Å². The minimum absolute atomic E-state index is 0.235. The van der Waals surface area contributed by atoms with E-state index in [1.54, 1.807) is 30.0 Å². The van der Waals surface area contributed by atoms with Gasteiger partial charge in [-0.15, -0.1) is 11.8 Å². The number of ether oxygens (including phenoxy) is 2. The van der Waals surface area contributed by atoms with Gasteiger partial charge in [-0.1, -0.05) is 30.3 Å². The molecule has 2 aliphatic rings. The number of hydrogen-bond donors (Lipinski definition) is 1. The highest BCUT2D eigenvalue weighted by molar-refractivity contribution is 8.03. The van der Waals surface area contributed by atoms with E-state index in [2.05, 4.69) is 34.1 Å². The van der Waals surface area contributed by atoms with Crippen LogP contribution in [0.1, 0.15) is 17.5 Å². The summed E-state index contributed by atoms with van der Waals surface area (Å²) in [5.74, 6) is 0.910. The summed E-state index contributed by atoms with van der Waals surface area (Å²) >= 11 is 1.59. The largest absolute Gasteiger partial charge is 0.511 e. The van der Waals surface area contributed by atoms with Gasteiger partial charge in [-0.2, -0.15) is 0 Å². The van der Waals surface area contributed by atoms with Crippen LogP contribution >= 0.6 is 11.8 Å². The van der Waals surface area contributed by atoms with E-state index in [-0.39, 0.29) is 5.82 Å². The second-order valence-electron chi connectivity index (χ2n) is 8.17. The molecule has 0 radical (unpaired) electrons. The number of benzene rings is 2. The first-order valence-electron chi connectivity index (χ1n) is 11.4. The molecular weight excluding hydrogens is 455 g/mol. The molecule has 1 N–H and O–H groups in total. The predicted molar refractivity (Wildman–Crippen MR) is 132 cm³/mol. The first-order valence-corrected chi connectivity index (χ1v) is 12.4. The molecular formula is C26H29FN2O4S. The monoisotopic (exact) mass is 484 g/mol. The van der Waals surface area contributed by atoms with Crippen LogP contribution < -0.4 is 4.90 Å². The Morgan fingerprint density at radius 3 is 2.68 bits per heavy atom. The topological polar surface area (TPSA) is 62.2 Å². The third-order valence-electron chi connectivity index (χ3n) is 5.71. The normalized spacial score (nSPS) is 16.1. The molecule has 180 valence electrons. The molecule has 2 aromatic carbocycles. The molecule has 0 bridgehead atoms. The predicted octanol–water partition coefficient (Wildman–Crippen LogP) is 5.26. The Labute approximate surface area is 203 Å². The Hall–Kier alpha value is -2.97. The van der Waals surface area contributed by atoms with Gasteiger partial charge in [-0.3, -0.25) is 0 Å². The quantitative estimate of drug-likeness (QED) is 0.385. The van der Waals surface area contributed by atoms with Crippen LogP contribution in [0.15, 0.2) is 71.5 Å². The van der Waals surface area contributed by atoms with Gasteiger partial charge < -0.3 is 24.4 Å². The summed E-state index contributed by atoms with van der Waals surface area (Å²) in [6.07, 6.45) is 4.04. The van der Waals surface area contributed by atoms with Crippen molar-refractivity contribution in [1.29, 1.82) is 0 Å². The smallest absolute Gasteiger partial charge is 0.449 e. The van der Waals surface area contributed by atoms with Crippen molar-refractivity contribution < 1.29 is 23.8 Å². The van der Waals surface area contributed by atoms with Gasteiger partial charge in [-0.25, -0.2) is 9.18 Å². The summed E-state index contributed by atoms with van der Waals surface area (Å²) in [6, 6.07) is 15.0. The van der Waals surface area contributed by atoms with Crippen molar-refractivity contribution >= 4 is 23.6 Å². The van der Waals surface area contributed by atoms with E-state index in [0.29, 0.717) is 18.8 Å². The fourth-order valence-corrected chi connectivity index (χ4v) is 5.11. The van der Waals surface area contributed by atoms with Crippen molar-refractivity contribution in [1.82, 2.24) is 4.90 Å². The summed E-state index contributed by atoms with van der Waals surface area (Å²) in [6.45, 7) is 4.55. The molecule has 0 unspecified atom stereocenters. The van der Waals surface area contributed by atoms with Crippen LogP contribution in [0.25, 0.3) is 0 Å². The first kappa shape index (κ1) is 24.2. The van der Waals surface area contributed by atoms with E-state index in [4.69, 9.17) is 9.47 Å². The first-order chi connectivity index (χ1) is 16.6. The van der Waals surface area contributed by atoms with Crippen LogP contribution in [0.3, 0.4) is 0 Å². The van der Waals surface area contributed by atoms with Gasteiger partial charge in [0.25, 0.3) is 0 Å². The lowest BCUT2D eigenvalue weighted by Gasteiger charge is -2.31. The summed E-state index contributed by atoms with van der Waals surface area (Å²) < 4.78 is 23.7.